The zero-order valence-electron chi connectivity index (χ0n) is 17.1. The van der Waals surface area contributed by atoms with Gasteiger partial charge in [0.25, 0.3) is 0 Å². The largest absolute Gasteiger partial charge is 0.441 e. The second kappa shape index (κ2) is 9.11. The van der Waals surface area contributed by atoms with Crippen LogP contribution in [0.25, 0.3) is 11.3 Å². The number of benzene rings is 2. The van der Waals surface area contributed by atoms with Gasteiger partial charge in [-0.25, -0.2) is 9.37 Å². The van der Waals surface area contributed by atoms with E-state index in [4.69, 9.17) is 4.42 Å². The van der Waals surface area contributed by atoms with Crippen molar-refractivity contribution in [2.24, 2.45) is 0 Å². The minimum Gasteiger partial charge on any atom is -0.441 e. The van der Waals surface area contributed by atoms with Crippen LogP contribution in [-0.4, -0.2) is 30.0 Å². The third kappa shape index (κ3) is 4.87. The van der Waals surface area contributed by atoms with Gasteiger partial charge in [0.15, 0.2) is 11.7 Å². The van der Waals surface area contributed by atoms with Crippen molar-refractivity contribution >= 4 is 11.6 Å². The molecule has 4 rings (SSSR count). The van der Waals surface area contributed by atoms with E-state index in [1.165, 1.54) is 6.07 Å². The molecule has 1 unspecified atom stereocenters. The van der Waals surface area contributed by atoms with Crippen LogP contribution in [0, 0.1) is 12.7 Å². The smallest absolute Gasteiger partial charge is 0.220 e. The zero-order valence-corrected chi connectivity index (χ0v) is 17.1. The summed E-state index contributed by atoms with van der Waals surface area (Å²) in [5, 5.41) is 3.09. The average molecular weight is 407 g/mol. The molecule has 1 atom stereocenters. The van der Waals surface area contributed by atoms with E-state index in [0.29, 0.717) is 36.7 Å². The van der Waals surface area contributed by atoms with Crippen LogP contribution >= 0.6 is 0 Å². The molecule has 0 saturated carbocycles. The number of halogens is 1. The Morgan fingerprint density at radius 1 is 1.27 bits per heavy atom. The minimum atomic E-state index is -0.217. The molecule has 2 aromatic carbocycles. The molecule has 6 heteroatoms. The van der Waals surface area contributed by atoms with Gasteiger partial charge in [-0.1, -0.05) is 36.4 Å². The molecule has 1 N–H and O–H groups in total. The van der Waals surface area contributed by atoms with Gasteiger partial charge in [0.2, 0.25) is 5.91 Å². The molecular formula is C24H26FN3O2. The third-order valence-electron chi connectivity index (χ3n) is 5.41. The van der Waals surface area contributed by atoms with Crippen molar-refractivity contribution in [2.75, 3.05) is 18.0 Å². The fourth-order valence-electron chi connectivity index (χ4n) is 3.86. The van der Waals surface area contributed by atoms with Gasteiger partial charge in [-0.15, -0.1) is 0 Å². The van der Waals surface area contributed by atoms with Crippen LogP contribution in [0.15, 0.2) is 59.1 Å². The lowest BCUT2D eigenvalue weighted by Crippen LogP contribution is -2.48. The summed E-state index contributed by atoms with van der Waals surface area (Å²) in [4.78, 5) is 18.8. The number of carbonyl (C=O) groups excluding carboxylic acids is 1. The summed E-state index contributed by atoms with van der Waals surface area (Å²) in [6.45, 7) is 3.37. The molecular weight excluding hydrogens is 381 g/mol. The van der Waals surface area contributed by atoms with Crippen LogP contribution in [0.4, 0.5) is 10.1 Å². The van der Waals surface area contributed by atoms with Gasteiger partial charge >= 0.3 is 0 Å². The first-order chi connectivity index (χ1) is 14.6. The lowest BCUT2D eigenvalue weighted by molar-refractivity contribution is -0.121. The van der Waals surface area contributed by atoms with Crippen LogP contribution in [0.1, 0.15) is 30.7 Å². The highest BCUT2D eigenvalue weighted by atomic mass is 19.1. The first-order valence-electron chi connectivity index (χ1n) is 10.4. The molecule has 30 heavy (non-hydrogen) atoms. The quantitative estimate of drug-likeness (QED) is 0.653. The summed E-state index contributed by atoms with van der Waals surface area (Å²) >= 11 is 0. The summed E-state index contributed by atoms with van der Waals surface area (Å²) in [7, 11) is 0. The van der Waals surface area contributed by atoms with E-state index in [9.17, 15) is 9.18 Å². The number of oxazole rings is 1. The monoisotopic (exact) mass is 407 g/mol. The number of aromatic nitrogens is 1. The predicted molar refractivity (Wildman–Crippen MR) is 115 cm³/mol. The van der Waals surface area contributed by atoms with Gasteiger partial charge in [0.05, 0.1) is 11.9 Å². The molecule has 1 aliphatic rings. The van der Waals surface area contributed by atoms with E-state index >= 15 is 0 Å². The maximum absolute atomic E-state index is 14.2. The SMILES string of the molecule is Cc1ccc(F)c(N2CCCC(NC(=O)CCc3ncc(-c4ccccc4)o3)C2)c1. The molecule has 156 valence electrons. The molecule has 0 spiro atoms. The van der Waals surface area contributed by atoms with Crippen molar-refractivity contribution in [3.8, 4) is 11.3 Å². The maximum Gasteiger partial charge on any atom is 0.220 e. The lowest BCUT2D eigenvalue weighted by Gasteiger charge is -2.35. The number of hydrogen-bond donors (Lipinski definition) is 1. The van der Waals surface area contributed by atoms with Crippen LogP contribution < -0.4 is 10.2 Å². The zero-order chi connectivity index (χ0) is 20.9. The maximum atomic E-state index is 14.2. The number of anilines is 1. The molecule has 1 aromatic heterocycles. The second-order valence-electron chi connectivity index (χ2n) is 7.79. The summed E-state index contributed by atoms with van der Waals surface area (Å²) in [6.07, 6.45) is 4.26. The summed E-state index contributed by atoms with van der Waals surface area (Å²) in [6, 6.07) is 14.9. The van der Waals surface area contributed by atoms with E-state index < -0.39 is 0 Å². The summed E-state index contributed by atoms with van der Waals surface area (Å²) in [5.41, 5.74) is 2.60. The minimum absolute atomic E-state index is 0.00982. The van der Waals surface area contributed by atoms with Gasteiger partial charge in [-0.05, 0) is 37.5 Å². The van der Waals surface area contributed by atoms with Gasteiger partial charge in [0, 0.05) is 37.5 Å². The number of rotatable bonds is 6. The lowest BCUT2D eigenvalue weighted by atomic mass is 10.0. The fraction of sp³-hybridized carbons (Fsp3) is 0.333. The molecule has 2 heterocycles. The highest BCUT2D eigenvalue weighted by Gasteiger charge is 2.23. The Balaban J connectivity index is 1.30. The van der Waals surface area contributed by atoms with Crippen molar-refractivity contribution in [3.63, 3.8) is 0 Å². The Hall–Kier alpha value is -3.15. The van der Waals surface area contributed by atoms with Crippen molar-refractivity contribution in [2.45, 2.75) is 38.6 Å². The Kier molecular flexibility index (Phi) is 6.12. The van der Waals surface area contributed by atoms with Crippen molar-refractivity contribution in [3.05, 3.63) is 72.0 Å². The second-order valence-corrected chi connectivity index (χ2v) is 7.79. The molecule has 0 bridgehead atoms. The number of amides is 1. The predicted octanol–water partition coefficient (Wildman–Crippen LogP) is 4.51. The molecule has 5 nitrogen and oxygen atoms in total. The first-order valence-corrected chi connectivity index (χ1v) is 10.4. The third-order valence-corrected chi connectivity index (χ3v) is 5.41. The number of aryl methyl sites for hydroxylation is 2. The Labute approximate surface area is 175 Å². The number of carbonyl (C=O) groups is 1. The standard InChI is InChI=1S/C24H26FN3O2/c1-17-9-10-20(25)21(14-17)28-13-5-8-19(16-28)27-23(29)11-12-24-26-15-22(30-24)18-6-3-2-4-7-18/h2-4,6-7,9-10,14-15,19H,5,8,11-13,16H2,1H3,(H,27,29). The van der Waals surface area contributed by atoms with Crippen LogP contribution in [0.3, 0.4) is 0 Å². The average Bonchev–Trinajstić information content (AvgIpc) is 3.24. The highest BCUT2D eigenvalue weighted by Crippen LogP contribution is 2.25. The summed E-state index contributed by atoms with van der Waals surface area (Å²) in [5.74, 6) is 1.00. The molecule has 1 saturated heterocycles. The normalized spacial score (nSPS) is 16.5. The first kappa shape index (κ1) is 20.1. The van der Waals surface area contributed by atoms with E-state index in [2.05, 4.69) is 10.3 Å². The van der Waals surface area contributed by atoms with E-state index in [1.54, 1.807) is 12.3 Å². The number of hydrogen-bond acceptors (Lipinski definition) is 4. The van der Waals surface area contributed by atoms with E-state index in [1.807, 2.05) is 48.2 Å². The van der Waals surface area contributed by atoms with Crippen LogP contribution in [-0.2, 0) is 11.2 Å². The summed E-state index contributed by atoms with van der Waals surface area (Å²) < 4.78 is 20.0. The fourth-order valence-corrected chi connectivity index (χ4v) is 3.86. The van der Waals surface area contributed by atoms with Crippen molar-refractivity contribution in [1.82, 2.24) is 10.3 Å². The molecule has 0 aliphatic carbocycles. The van der Waals surface area contributed by atoms with Crippen molar-refractivity contribution < 1.29 is 13.6 Å². The van der Waals surface area contributed by atoms with Gasteiger partial charge in [-0.2, -0.15) is 0 Å². The Morgan fingerprint density at radius 2 is 2.10 bits per heavy atom. The molecule has 1 fully saturated rings. The Bertz CT molecular complexity index is 1000. The highest BCUT2D eigenvalue weighted by molar-refractivity contribution is 5.76. The van der Waals surface area contributed by atoms with Crippen molar-refractivity contribution in [1.29, 1.82) is 0 Å². The van der Waals surface area contributed by atoms with Gasteiger partial charge in [0.1, 0.15) is 5.82 Å². The number of nitrogens with one attached hydrogen (secondary N) is 1. The van der Waals surface area contributed by atoms with Gasteiger partial charge in [-0.3, -0.25) is 4.79 Å². The molecule has 0 radical (unpaired) electrons. The molecule has 3 aromatic rings. The molecule has 1 aliphatic heterocycles. The topological polar surface area (TPSA) is 58.4 Å². The Morgan fingerprint density at radius 3 is 2.93 bits per heavy atom. The van der Waals surface area contributed by atoms with Crippen LogP contribution in [0.2, 0.25) is 0 Å². The number of nitrogens with zero attached hydrogens (tertiary/aromatic N) is 2. The number of piperidine rings is 1. The van der Waals surface area contributed by atoms with Gasteiger partial charge < -0.3 is 14.6 Å². The van der Waals surface area contributed by atoms with E-state index in [-0.39, 0.29) is 17.8 Å². The molecule has 1 amide bonds. The van der Waals surface area contributed by atoms with Crippen LogP contribution in [0.5, 0.6) is 0 Å². The van der Waals surface area contributed by atoms with E-state index in [0.717, 1.165) is 30.5 Å².